The summed E-state index contributed by atoms with van der Waals surface area (Å²) in [5.74, 6) is 0. The van der Waals surface area contributed by atoms with E-state index >= 15 is 0 Å². The van der Waals surface area contributed by atoms with Gasteiger partial charge < -0.3 is 59.5 Å². The highest BCUT2D eigenvalue weighted by Gasteiger charge is 1.64. The van der Waals surface area contributed by atoms with Crippen LogP contribution in [0.2, 0.25) is 0 Å². The highest BCUT2D eigenvalue weighted by Crippen LogP contribution is 1.64. The summed E-state index contributed by atoms with van der Waals surface area (Å²) in [4.78, 5) is 0. The fourth-order valence-electron chi connectivity index (χ4n) is 0.204. The predicted molar refractivity (Wildman–Crippen MR) is 58.3 cm³/mol. The molecule has 0 aromatic heterocycles. The zero-order valence-electron chi connectivity index (χ0n) is 8.82. The Morgan fingerprint density at radius 2 is 0.600 bits per heavy atom. The first kappa shape index (κ1) is 211. The molecule has 0 spiro atoms. The summed E-state index contributed by atoms with van der Waals surface area (Å²) in [6.45, 7) is 5.67. The third-order valence-corrected chi connectivity index (χ3v) is 0.408. The fourth-order valence-corrected chi connectivity index (χ4v) is 0.204. The largest absolute Gasteiger partial charge is 0.412 e. The predicted octanol–water partition coefficient (Wildman–Crippen LogP) is -7.20. The van der Waals surface area contributed by atoms with Crippen molar-refractivity contribution < 1.29 is 59.5 Å². The Balaban J connectivity index is -0.00000000178. The fraction of sp³-hybridized carbons (Fsp3) is 1.00. The molecule has 0 heterocycles. The zero-order chi connectivity index (χ0) is 4.12. The van der Waals surface area contributed by atoms with Crippen LogP contribution in [0.25, 0.3) is 0 Å². The summed E-state index contributed by atoms with van der Waals surface area (Å²) in [5, 5.41) is 0. The standard InChI is InChI=1S/C4H10O.10H2O/c1-3-5-4-2;;;;;;;;;;/h3-4H2,1-2H3;10*1H2. The molecular weight excluding hydrogens is 224 g/mol. The van der Waals surface area contributed by atoms with Gasteiger partial charge in [0.2, 0.25) is 0 Å². The maximum atomic E-state index is 4.83. The van der Waals surface area contributed by atoms with E-state index in [0.29, 0.717) is 0 Å². The molecule has 15 heavy (non-hydrogen) atoms. The van der Waals surface area contributed by atoms with Gasteiger partial charge in [-0.1, -0.05) is 0 Å². The summed E-state index contributed by atoms with van der Waals surface area (Å²) >= 11 is 0. The maximum Gasteiger partial charge on any atom is 0.0437 e. The average Bonchev–Trinajstić information content (AvgIpc) is 1.41. The van der Waals surface area contributed by atoms with Crippen LogP contribution in [0.1, 0.15) is 13.8 Å². The molecule has 0 bridgehead atoms. The van der Waals surface area contributed by atoms with Crippen molar-refractivity contribution in [3.8, 4) is 0 Å². The lowest BCUT2D eigenvalue weighted by Crippen LogP contribution is -1.84. The first-order valence-corrected chi connectivity index (χ1v) is 1.99. The van der Waals surface area contributed by atoms with Crippen LogP contribution < -0.4 is 0 Å². The Labute approximate surface area is 87.8 Å². The second-order valence-electron chi connectivity index (χ2n) is 0.781. The van der Waals surface area contributed by atoms with Gasteiger partial charge in [0.05, 0.1) is 0 Å². The van der Waals surface area contributed by atoms with E-state index in [0.717, 1.165) is 13.2 Å². The number of rotatable bonds is 2. The van der Waals surface area contributed by atoms with Gasteiger partial charge in [-0.15, -0.1) is 0 Å². The molecule has 11 nitrogen and oxygen atoms in total. The SMILES string of the molecule is CCOCC.O.O.O.O.O.O.O.O.O.O. The van der Waals surface area contributed by atoms with Crippen molar-refractivity contribution in [3.63, 3.8) is 0 Å². The number of hydrogen-bond acceptors (Lipinski definition) is 1. The molecule has 0 radical (unpaired) electrons. The van der Waals surface area contributed by atoms with E-state index in [2.05, 4.69) is 0 Å². The maximum absolute atomic E-state index is 4.83. The second-order valence-corrected chi connectivity index (χ2v) is 0.781. The Morgan fingerprint density at radius 3 is 0.600 bits per heavy atom. The summed E-state index contributed by atoms with van der Waals surface area (Å²) in [6, 6.07) is 0. The van der Waals surface area contributed by atoms with Crippen molar-refractivity contribution in [1.29, 1.82) is 0 Å². The second kappa shape index (κ2) is 326. The molecular formula is C4H30O11. The minimum Gasteiger partial charge on any atom is -0.412 e. The lowest BCUT2D eigenvalue weighted by Gasteiger charge is -1.86. The van der Waals surface area contributed by atoms with Gasteiger partial charge in [0, 0.05) is 13.2 Å². The molecule has 0 aromatic carbocycles. The monoisotopic (exact) mass is 254 g/mol. The van der Waals surface area contributed by atoms with E-state index in [-0.39, 0.29) is 54.8 Å². The minimum absolute atomic E-state index is 0. The molecule has 0 amide bonds. The zero-order valence-corrected chi connectivity index (χ0v) is 8.82. The first-order chi connectivity index (χ1) is 2.41. The van der Waals surface area contributed by atoms with Crippen LogP contribution in [0.5, 0.6) is 0 Å². The Kier molecular flexibility index (Phi) is 4600. The van der Waals surface area contributed by atoms with Gasteiger partial charge in [0.25, 0.3) is 0 Å². The normalized spacial score (nSPS) is 2.80. The first-order valence-electron chi connectivity index (χ1n) is 1.99. The summed E-state index contributed by atoms with van der Waals surface area (Å²) in [6.07, 6.45) is 0. The lowest BCUT2D eigenvalue weighted by molar-refractivity contribution is 0.162. The van der Waals surface area contributed by atoms with E-state index < -0.39 is 0 Å². The Morgan fingerprint density at radius 1 is 0.467 bits per heavy atom. The van der Waals surface area contributed by atoms with Gasteiger partial charge in [-0.25, -0.2) is 0 Å². The third-order valence-electron chi connectivity index (χ3n) is 0.408. The molecule has 0 fully saturated rings. The molecule has 0 aliphatic rings. The molecule has 0 unspecified atom stereocenters. The minimum atomic E-state index is 0. The van der Waals surface area contributed by atoms with Crippen LogP contribution in [0.4, 0.5) is 0 Å². The van der Waals surface area contributed by atoms with Gasteiger partial charge in [-0.05, 0) is 13.8 Å². The lowest BCUT2D eigenvalue weighted by atomic mass is 10.8. The van der Waals surface area contributed by atoms with Crippen LogP contribution in [0.15, 0.2) is 0 Å². The number of hydrogen-bond donors (Lipinski definition) is 0. The van der Waals surface area contributed by atoms with Gasteiger partial charge in [-0.2, -0.15) is 0 Å². The van der Waals surface area contributed by atoms with Crippen molar-refractivity contribution in [3.05, 3.63) is 0 Å². The van der Waals surface area contributed by atoms with Gasteiger partial charge in [-0.3, -0.25) is 0 Å². The molecule has 112 valence electrons. The Bertz CT molecular complexity index is 20.1. The number of ether oxygens (including phenoxy) is 1. The quantitative estimate of drug-likeness (QED) is 0.454. The Hall–Kier alpha value is -0.440. The van der Waals surface area contributed by atoms with Crippen molar-refractivity contribution in [2.24, 2.45) is 0 Å². The summed E-state index contributed by atoms with van der Waals surface area (Å²) in [5.41, 5.74) is 0. The average molecular weight is 254 g/mol. The molecule has 11 heteroatoms. The van der Waals surface area contributed by atoms with Gasteiger partial charge in [0.1, 0.15) is 0 Å². The molecule has 0 aliphatic carbocycles. The molecule has 20 N–H and O–H groups in total. The van der Waals surface area contributed by atoms with Crippen molar-refractivity contribution in [2.45, 2.75) is 13.8 Å². The van der Waals surface area contributed by atoms with Crippen molar-refractivity contribution in [1.82, 2.24) is 0 Å². The summed E-state index contributed by atoms with van der Waals surface area (Å²) in [7, 11) is 0. The van der Waals surface area contributed by atoms with Gasteiger partial charge >= 0.3 is 0 Å². The van der Waals surface area contributed by atoms with E-state index in [1.54, 1.807) is 0 Å². The van der Waals surface area contributed by atoms with E-state index in [1.807, 2.05) is 13.8 Å². The topological polar surface area (TPSA) is 324 Å². The molecule has 0 saturated carbocycles. The molecule has 0 saturated heterocycles. The van der Waals surface area contributed by atoms with Crippen LogP contribution in [0.3, 0.4) is 0 Å². The van der Waals surface area contributed by atoms with Crippen molar-refractivity contribution >= 4 is 0 Å². The van der Waals surface area contributed by atoms with Crippen LogP contribution in [-0.4, -0.2) is 68.0 Å². The van der Waals surface area contributed by atoms with Crippen LogP contribution in [0, 0.1) is 0 Å². The van der Waals surface area contributed by atoms with E-state index in [1.165, 1.54) is 0 Å². The van der Waals surface area contributed by atoms with E-state index in [9.17, 15) is 0 Å². The van der Waals surface area contributed by atoms with Crippen LogP contribution in [-0.2, 0) is 4.74 Å². The van der Waals surface area contributed by atoms with Crippen LogP contribution >= 0.6 is 0 Å². The van der Waals surface area contributed by atoms with Gasteiger partial charge in [0.15, 0.2) is 0 Å². The van der Waals surface area contributed by atoms with E-state index in [4.69, 9.17) is 4.74 Å². The molecule has 0 rings (SSSR count). The summed E-state index contributed by atoms with van der Waals surface area (Å²) < 4.78 is 4.83. The smallest absolute Gasteiger partial charge is 0.0437 e. The molecule has 0 aliphatic heterocycles. The van der Waals surface area contributed by atoms with Crippen molar-refractivity contribution in [2.75, 3.05) is 13.2 Å². The highest BCUT2D eigenvalue weighted by molar-refractivity contribution is 4.07. The molecule has 0 atom stereocenters. The third kappa shape index (κ3) is 745. The molecule has 0 aromatic rings. The highest BCUT2D eigenvalue weighted by atomic mass is 16.5.